The Balaban J connectivity index is 1.74. The Bertz CT molecular complexity index is 1390. The van der Waals surface area contributed by atoms with Gasteiger partial charge in [-0.25, -0.2) is 4.98 Å². The van der Waals surface area contributed by atoms with Crippen LogP contribution in [0.1, 0.15) is 21.6 Å². The highest BCUT2D eigenvalue weighted by Crippen LogP contribution is 2.37. The van der Waals surface area contributed by atoms with E-state index in [2.05, 4.69) is 28.5 Å². The highest BCUT2D eigenvalue weighted by Gasteiger charge is 2.19. The third-order valence-electron chi connectivity index (χ3n) is 5.37. The van der Waals surface area contributed by atoms with Crippen molar-refractivity contribution in [3.63, 3.8) is 0 Å². The van der Waals surface area contributed by atoms with Gasteiger partial charge in [-0.15, -0.1) is 11.3 Å². The number of aryl methyl sites for hydroxylation is 3. The molecule has 0 fully saturated rings. The van der Waals surface area contributed by atoms with Crippen LogP contribution >= 0.6 is 22.9 Å². The predicted octanol–water partition coefficient (Wildman–Crippen LogP) is 5.65. The largest absolute Gasteiger partial charge is 0.324 e. The zero-order valence-corrected chi connectivity index (χ0v) is 19.3. The fourth-order valence-electron chi connectivity index (χ4n) is 3.67. The van der Waals surface area contributed by atoms with Gasteiger partial charge in [0, 0.05) is 21.2 Å². The molecule has 0 radical (unpaired) electrons. The standard InChI is InChI=1S/C24H22ClN3O2S/c1-13-8-9-14(2)17(10-13)21-16(4)31-23-22(21)24(30)28(12-26-23)11-20(29)27-19-7-5-6-18(25)15(19)3/h5-10,12H,11H2,1-4H3,(H,27,29). The molecule has 0 bridgehead atoms. The molecule has 2 aromatic heterocycles. The molecule has 0 aliphatic heterocycles. The van der Waals surface area contributed by atoms with Crippen LogP contribution in [0.4, 0.5) is 5.69 Å². The van der Waals surface area contributed by atoms with Gasteiger partial charge >= 0.3 is 0 Å². The first-order valence-electron chi connectivity index (χ1n) is 9.87. The lowest BCUT2D eigenvalue weighted by Crippen LogP contribution is -2.28. The molecule has 1 N–H and O–H groups in total. The summed E-state index contributed by atoms with van der Waals surface area (Å²) in [5.41, 5.74) is 5.34. The molecule has 0 unspecified atom stereocenters. The van der Waals surface area contributed by atoms with Gasteiger partial charge < -0.3 is 5.32 Å². The molecule has 0 spiro atoms. The van der Waals surface area contributed by atoms with E-state index in [1.165, 1.54) is 22.2 Å². The van der Waals surface area contributed by atoms with E-state index in [-0.39, 0.29) is 18.0 Å². The van der Waals surface area contributed by atoms with E-state index in [1.807, 2.05) is 27.7 Å². The SMILES string of the molecule is Cc1ccc(C)c(-c2c(C)sc3ncn(CC(=O)Nc4cccc(Cl)c4C)c(=O)c23)c1. The summed E-state index contributed by atoms with van der Waals surface area (Å²) in [7, 11) is 0. The number of carbonyl (C=O) groups is 1. The van der Waals surface area contributed by atoms with Gasteiger partial charge in [0.05, 0.1) is 11.7 Å². The quantitative estimate of drug-likeness (QED) is 0.436. The van der Waals surface area contributed by atoms with Gasteiger partial charge in [-0.05, 0) is 56.5 Å². The summed E-state index contributed by atoms with van der Waals surface area (Å²) < 4.78 is 1.36. The second kappa shape index (κ2) is 8.29. The van der Waals surface area contributed by atoms with Gasteiger partial charge in [0.2, 0.25) is 5.91 Å². The number of amides is 1. The van der Waals surface area contributed by atoms with Crippen LogP contribution in [-0.4, -0.2) is 15.5 Å². The lowest BCUT2D eigenvalue weighted by molar-refractivity contribution is -0.116. The van der Waals surface area contributed by atoms with Crippen LogP contribution in [0.2, 0.25) is 5.02 Å². The second-order valence-electron chi connectivity index (χ2n) is 7.67. The molecule has 0 aliphatic carbocycles. The van der Waals surface area contributed by atoms with Gasteiger partial charge in [-0.3, -0.25) is 14.2 Å². The monoisotopic (exact) mass is 451 g/mol. The lowest BCUT2D eigenvalue weighted by atomic mass is 9.97. The summed E-state index contributed by atoms with van der Waals surface area (Å²) in [6.45, 7) is 7.78. The first kappa shape index (κ1) is 21.3. The van der Waals surface area contributed by atoms with Crippen LogP contribution in [0.15, 0.2) is 47.5 Å². The fourth-order valence-corrected chi connectivity index (χ4v) is 4.84. The van der Waals surface area contributed by atoms with Crippen molar-refractivity contribution in [3.8, 4) is 11.1 Å². The number of nitrogens with zero attached hydrogens (tertiary/aromatic N) is 2. The minimum absolute atomic E-state index is 0.130. The molecule has 0 saturated heterocycles. The van der Waals surface area contributed by atoms with E-state index >= 15 is 0 Å². The molecular weight excluding hydrogens is 430 g/mol. The van der Waals surface area contributed by atoms with Gasteiger partial charge in [-0.1, -0.05) is 41.4 Å². The Morgan fingerprint density at radius 2 is 1.94 bits per heavy atom. The maximum atomic E-state index is 13.4. The predicted molar refractivity (Wildman–Crippen MR) is 128 cm³/mol. The molecule has 2 heterocycles. The number of aromatic nitrogens is 2. The van der Waals surface area contributed by atoms with E-state index in [9.17, 15) is 9.59 Å². The molecule has 1 amide bonds. The molecule has 0 atom stereocenters. The highest BCUT2D eigenvalue weighted by molar-refractivity contribution is 7.19. The van der Waals surface area contributed by atoms with Crippen molar-refractivity contribution in [2.45, 2.75) is 34.2 Å². The summed E-state index contributed by atoms with van der Waals surface area (Å²) >= 11 is 7.63. The number of hydrogen-bond donors (Lipinski definition) is 1. The van der Waals surface area contributed by atoms with Crippen LogP contribution < -0.4 is 10.9 Å². The van der Waals surface area contributed by atoms with Crippen LogP contribution in [0.3, 0.4) is 0 Å². The molecule has 4 aromatic rings. The third kappa shape index (κ3) is 4.01. The molecule has 0 aliphatic rings. The van der Waals surface area contributed by atoms with E-state index in [1.54, 1.807) is 18.2 Å². The van der Waals surface area contributed by atoms with Gasteiger partial charge in [0.15, 0.2) is 0 Å². The molecular formula is C24H22ClN3O2S. The average molecular weight is 452 g/mol. The fraction of sp³-hybridized carbons (Fsp3) is 0.208. The second-order valence-corrected chi connectivity index (χ2v) is 9.28. The van der Waals surface area contributed by atoms with Crippen molar-refractivity contribution >= 4 is 44.7 Å². The molecule has 4 rings (SSSR count). The van der Waals surface area contributed by atoms with Crippen molar-refractivity contribution < 1.29 is 4.79 Å². The van der Waals surface area contributed by atoms with Crippen LogP contribution in [-0.2, 0) is 11.3 Å². The van der Waals surface area contributed by atoms with Crippen molar-refractivity contribution in [1.29, 1.82) is 0 Å². The van der Waals surface area contributed by atoms with Crippen molar-refractivity contribution in [2.75, 3.05) is 5.32 Å². The normalized spacial score (nSPS) is 11.1. The van der Waals surface area contributed by atoms with Crippen LogP contribution in [0.5, 0.6) is 0 Å². The summed E-state index contributed by atoms with van der Waals surface area (Å²) in [4.78, 5) is 32.2. The van der Waals surface area contributed by atoms with Crippen molar-refractivity contribution in [2.24, 2.45) is 0 Å². The number of fused-ring (bicyclic) bond motifs is 1. The first-order chi connectivity index (χ1) is 14.8. The maximum absolute atomic E-state index is 13.4. The number of rotatable bonds is 4. The van der Waals surface area contributed by atoms with E-state index in [0.717, 1.165) is 32.7 Å². The highest BCUT2D eigenvalue weighted by atomic mass is 35.5. The number of thiophene rings is 1. The summed E-state index contributed by atoms with van der Waals surface area (Å²) in [5.74, 6) is -0.311. The number of halogens is 1. The zero-order valence-electron chi connectivity index (χ0n) is 17.7. The minimum atomic E-state index is -0.311. The summed E-state index contributed by atoms with van der Waals surface area (Å²) in [6, 6.07) is 11.5. The van der Waals surface area contributed by atoms with Crippen LogP contribution in [0, 0.1) is 27.7 Å². The number of carbonyl (C=O) groups excluding carboxylic acids is 1. The summed E-state index contributed by atoms with van der Waals surface area (Å²) in [6.07, 6.45) is 1.44. The van der Waals surface area contributed by atoms with Crippen molar-refractivity contribution in [1.82, 2.24) is 9.55 Å². The maximum Gasteiger partial charge on any atom is 0.263 e. The van der Waals surface area contributed by atoms with E-state index in [0.29, 0.717) is 20.9 Å². The third-order valence-corrected chi connectivity index (χ3v) is 6.80. The zero-order chi connectivity index (χ0) is 22.3. The number of anilines is 1. The van der Waals surface area contributed by atoms with Gasteiger partial charge in [0.1, 0.15) is 11.4 Å². The molecule has 0 saturated carbocycles. The van der Waals surface area contributed by atoms with E-state index in [4.69, 9.17) is 11.6 Å². The average Bonchev–Trinajstić information content (AvgIpc) is 3.06. The molecule has 2 aromatic carbocycles. The Labute approximate surface area is 189 Å². The molecule has 31 heavy (non-hydrogen) atoms. The topological polar surface area (TPSA) is 64.0 Å². The van der Waals surface area contributed by atoms with Gasteiger partial charge in [-0.2, -0.15) is 0 Å². The Morgan fingerprint density at radius 3 is 2.71 bits per heavy atom. The van der Waals surface area contributed by atoms with Crippen molar-refractivity contribution in [3.05, 3.63) is 79.7 Å². The smallest absolute Gasteiger partial charge is 0.263 e. The Kier molecular flexibility index (Phi) is 5.69. The summed E-state index contributed by atoms with van der Waals surface area (Å²) in [5, 5.41) is 3.97. The van der Waals surface area contributed by atoms with Gasteiger partial charge in [0.25, 0.3) is 5.56 Å². The molecule has 158 valence electrons. The lowest BCUT2D eigenvalue weighted by Gasteiger charge is -2.11. The first-order valence-corrected chi connectivity index (χ1v) is 11.1. The Morgan fingerprint density at radius 1 is 1.16 bits per heavy atom. The van der Waals surface area contributed by atoms with E-state index < -0.39 is 0 Å². The Hall–Kier alpha value is -2.96. The number of hydrogen-bond acceptors (Lipinski definition) is 4. The minimum Gasteiger partial charge on any atom is -0.324 e. The number of nitrogens with one attached hydrogen (secondary N) is 1. The number of benzene rings is 2. The molecule has 5 nitrogen and oxygen atoms in total. The van der Waals surface area contributed by atoms with Crippen LogP contribution in [0.25, 0.3) is 21.3 Å². The molecule has 7 heteroatoms.